The van der Waals surface area contributed by atoms with Crippen molar-refractivity contribution in [2.45, 2.75) is 0 Å². The van der Waals surface area contributed by atoms with Gasteiger partial charge in [-0.3, -0.25) is 0 Å². The molecule has 3 nitrogen and oxygen atoms in total. The van der Waals surface area contributed by atoms with Crippen molar-refractivity contribution in [3.63, 3.8) is 0 Å². The molecule has 0 N–H and O–H groups in total. The quantitative estimate of drug-likeness (QED) is 0.531. The van der Waals surface area contributed by atoms with Gasteiger partial charge in [-0.15, -0.1) is 0 Å². The molecule has 0 spiro atoms. The average molecular weight is 471 g/mol. The number of rotatable bonds is 3. The van der Waals surface area contributed by atoms with E-state index in [1.165, 1.54) is 0 Å². The maximum Gasteiger partial charge on any atom is 0.351 e. The first-order chi connectivity index (χ1) is 11.5. The van der Waals surface area contributed by atoms with E-state index in [-0.39, 0.29) is 0 Å². The second-order valence-corrected chi connectivity index (χ2v) is 7.13. The molecule has 2 aromatic rings. The van der Waals surface area contributed by atoms with E-state index in [2.05, 4.69) is 31.9 Å². The summed E-state index contributed by atoms with van der Waals surface area (Å²) in [5, 5.41) is 0.610. The molecule has 0 saturated heterocycles. The van der Waals surface area contributed by atoms with Crippen LogP contribution in [0.3, 0.4) is 0 Å². The van der Waals surface area contributed by atoms with Crippen molar-refractivity contribution in [3.8, 4) is 5.75 Å². The Bertz CT molecular complexity index is 888. The van der Waals surface area contributed by atoms with Crippen LogP contribution in [-0.2, 0) is 9.53 Å². The Labute approximate surface area is 161 Å². The van der Waals surface area contributed by atoms with E-state index in [4.69, 9.17) is 21.1 Å². The summed E-state index contributed by atoms with van der Waals surface area (Å²) in [7, 11) is 1.58. The molecule has 0 unspecified atom stereocenters. The molecule has 6 heteroatoms. The van der Waals surface area contributed by atoms with Crippen LogP contribution in [0.25, 0.3) is 11.6 Å². The summed E-state index contributed by atoms with van der Waals surface area (Å²) in [5.41, 5.74) is 2.22. The van der Waals surface area contributed by atoms with Gasteiger partial charge in [0.2, 0.25) is 0 Å². The Morgan fingerprint density at radius 3 is 2.67 bits per heavy atom. The van der Waals surface area contributed by atoms with Gasteiger partial charge in [-0.2, -0.15) is 0 Å². The van der Waals surface area contributed by atoms with Crippen LogP contribution in [0, 0.1) is 0 Å². The van der Waals surface area contributed by atoms with E-state index in [9.17, 15) is 4.79 Å². The first kappa shape index (κ1) is 17.3. The third-order valence-electron chi connectivity index (χ3n) is 3.43. The Hall–Kier alpha value is -1.56. The molecule has 3 rings (SSSR count). The molecule has 0 bridgehead atoms. The average Bonchev–Trinajstić information content (AvgIpc) is 2.81. The highest BCUT2D eigenvalue weighted by Crippen LogP contribution is 2.42. The number of allylic oxidation sites excluding steroid dienone is 1. The second kappa shape index (κ2) is 7.13. The van der Waals surface area contributed by atoms with E-state index in [0.29, 0.717) is 26.6 Å². The summed E-state index contributed by atoms with van der Waals surface area (Å²) in [6.07, 6.45) is 1.77. The maximum absolute atomic E-state index is 12.1. The fraction of sp³-hybridized carbons (Fsp3) is 0.0556. The molecule has 2 aromatic carbocycles. The van der Waals surface area contributed by atoms with Crippen LogP contribution in [0.5, 0.6) is 5.75 Å². The largest absolute Gasteiger partial charge is 0.496 e. The number of ether oxygens (including phenoxy) is 2. The lowest BCUT2D eigenvalue weighted by Gasteiger charge is -2.11. The number of esters is 1. The number of methoxy groups -OCH3 is 1. The predicted octanol–water partition coefficient (Wildman–Crippen LogP) is 5.82. The first-order valence-electron chi connectivity index (χ1n) is 6.93. The van der Waals surface area contributed by atoms with E-state index in [0.717, 1.165) is 15.6 Å². The van der Waals surface area contributed by atoms with Gasteiger partial charge < -0.3 is 9.47 Å². The van der Waals surface area contributed by atoms with Crippen LogP contribution in [0.2, 0.25) is 5.02 Å². The van der Waals surface area contributed by atoms with Crippen molar-refractivity contribution in [2.24, 2.45) is 0 Å². The molecule has 1 aliphatic heterocycles. The molecular weight excluding hydrogens is 459 g/mol. The molecule has 24 heavy (non-hydrogen) atoms. The fourth-order valence-electron chi connectivity index (χ4n) is 2.38. The van der Waals surface area contributed by atoms with Crippen molar-refractivity contribution < 1.29 is 14.3 Å². The zero-order valence-electron chi connectivity index (χ0n) is 12.5. The van der Waals surface area contributed by atoms with Gasteiger partial charge in [-0.25, -0.2) is 4.79 Å². The molecule has 0 aromatic heterocycles. The number of carbonyl (C=O) groups excluding carboxylic acids is 1. The van der Waals surface area contributed by atoms with Crippen LogP contribution in [0.15, 0.2) is 57.2 Å². The Kier molecular flexibility index (Phi) is 5.13. The van der Waals surface area contributed by atoms with E-state index in [1.807, 2.05) is 30.3 Å². The van der Waals surface area contributed by atoms with Gasteiger partial charge in [0.15, 0.2) is 0 Å². The highest BCUT2D eigenvalue weighted by atomic mass is 79.9. The second-order valence-electron chi connectivity index (χ2n) is 4.99. The van der Waals surface area contributed by atoms with Gasteiger partial charge in [0.1, 0.15) is 16.0 Å². The minimum absolute atomic E-state index is 0.354. The molecule has 1 aliphatic rings. The predicted molar refractivity (Wildman–Crippen MR) is 102 cm³/mol. The number of benzene rings is 2. The minimum Gasteiger partial charge on any atom is -0.496 e. The standard InChI is InChI=1S/C18H11Br2ClO3/c1-23-14-6-5-11(19)9-13(14)16-15(24-18(22)17(16)20)8-10-3-2-4-12(21)7-10/h2-9H,1H3/b15-8-. The van der Waals surface area contributed by atoms with Crippen LogP contribution < -0.4 is 4.74 Å². The smallest absolute Gasteiger partial charge is 0.351 e. The molecule has 0 radical (unpaired) electrons. The highest BCUT2D eigenvalue weighted by molar-refractivity contribution is 9.12. The SMILES string of the molecule is COc1ccc(Br)cc1C1=C(Br)C(=O)O/C1=C\c1cccc(Cl)c1. The maximum atomic E-state index is 12.1. The van der Waals surface area contributed by atoms with Crippen molar-refractivity contribution in [3.05, 3.63) is 73.3 Å². The molecular formula is C18H11Br2ClO3. The fourth-order valence-corrected chi connectivity index (χ4v) is 3.43. The molecule has 0 amide bonds. The number of halogens is 3. The molecule has 0 aliphatic carbocycles. The Morgan fingerprint density at radius 2 is 1.96 bits per heavy atom. The highest BCUT2D eigenvalue weighted by Gasteiger charge is 2.31. The third kappa shape index (κ3) is 3.43. The topological polar surface area (TPSA) is 35.5 Å². The lowest BCUT2D eigenvalue weighted by molar-refractivity contribution is -0.132. The minimum atomic E-state index is -0.444. The van der Waals surface area contributed by atoms with Crippen LogP contribution >= 0.6 is 43.5 Å². The van der Waals surface area contributed by atoms with Crippen molar-refractivity contribution in [2.75, 3.05) is 7.11 Å². The van der Waals surface area contributed by atoms with Gasteiger partial charge in [0.05, 0.1) is 7.11 Å². The van der Waals surface area contributed by atoms with Crippen molar-refractivity contribution >= 4 is 61.1 Å². The Morgan fingerprint density at radius 1 is 1.17 bits per heavy atom. The van der Waals surface area contributed by atoms with Gasteiger partial charge >= 0.3 is 5.97 Å². The number of hydrogen-bond acceptors (Lipinski definition) is 3. The summed E-state index contributed by atoms with van der Waals surface area (Å²) in [6.45, 7) is 0. The summed E-state index contributed by atoms with van der Waals surface area (Å²) < 4.78 is 12.1. The van der Waals surface area contributed by atoms with Crippen LogP contribution in [0.1, 0.15) is 11.1 Å². The van der Waals surface area contributed by atoms with Gasteiger partial charge in [-0.1, -0.05) is 39.7 Å². The number of hydrogen-bond donors (Lipinski definition) is 0. The van der Waals surface area contributed by atoms with E-state index >= 15 is 0 Å². The number of cyclic esters (lactones) is 1. The molecule has 0 atom stereocenters. The molecule has 1 heterocycles. The molecule has 0 saturated carbocycles. The summed E-state index contributed by atoms with van der Waals surface area (Å²) in [4.78, 5) is 12.1. The van der Waals surface area contributed by atoms with Gasteiger partial charge in [0.25, 0.3) is 0 Å². The summed E-state index contributed by atoms with van der Waals surface area (Å²) in [6, 6.07) is 12.9. The van der Waals surface area contributed by atoms with E-state index < -0.39 is 5.97 Å². The zero-order valence-corrected chi connectivity index (χ0v) is 16.4. The van der Waals surface area contributed by atoms with Crippen LogP contribution in [0.4, 0.5) is 0 Å². The summed E-state index contributed by atoms with van der Waals surface area (Å²) >= 11 is 12.8. The first-order valence-corrected chi connectivity index (χ1v) is 8.89. The van der Waals surface area contributed by atoms with Crippen molar-refractivity contribution in [1.29, 1.82) is 0 Å². The summed E-state index contributed by atoms with van der Waals surface area (Å²) in [5.74, 6) is 0.631. The van der Waals surface area contributed by atoms with Crippen molar-refractivity contribution in [1.82, 2.24) is 0 Å². The zero-order chi connectivity index (χ0) is 17.3. The van der Waals surface area contributed by atoms with E-state index in [1.54, 1.807) is 25.3 Å². The lowest BCUT2D eigenvalue weighted by Crippen LogP contribution is -1.94. The normalized spacial score (nSPS) is 15.8. The van der Waals surface area contributed by atoms with Crippen LogP contribution in [-0.4, -0.2) is 13.1 Å². The Balaban J connectivity index is 2.16. The monoisotopic (exact) mass is 468 g/mol. The van der Waals surface area contributed by atoms with Gasteiger partial charge in [-0.05, 0) is 57.9 Å². The molecule has 122 valence electrons. The lowest BCUT2D eigenvalue weighted by atomic mass is 10.0. The molecule has 0 fully saturated rings. The van der Waals surface area contributed by atoms with Gasteiger partial charge in [0, 0.05) is 20.6 Å². The number of carbonyl (C=O) groups is 1. The third-order valence-corrected chi connectivity index (χ3v) is 4.87.